The maximum absolute atomic E-state index is 12.9. The first kappa shape index (κ1) is 17.1. The number of esters is 2. The fourth-order valence-electron chi connectivity index (χ4n) is 4.77. The predicted molar refractivity (Wildman–Crippen MR) is 83.9 cm³/mol. The SMILES string of the molecule is CCCCC1=C[C@@H]2[C@@H]3O[C@](C)([C@@H]2C1=O)[C@@H](C(=O)OC)[C@H]3C(=O)OC. The lowest BCUT2D eigenvalue weighted by Crippen LogP contribution is -2.53. The van der Waals surface area contributed by atoms with Gasteiger partial charge in [-0.05, 0) is 25.3 Å². The molecule has 0 aromatic carbocycles. The topological polar surface area (TPSA) is 78.9 Å². The molecule has 3 aliphatic rings. The van der Waals surface area contributed by atoms with E-state index in [0.717, 1.165) is 24.8 Å². The molecule has 0 amide bonds. The van der Waals surface area contributed by atoms with Crippen molar-refractivity contribution in [2.24, 2.45) is 23.7 Å². The number of hydrogen-bond donors (Lipinski definition) is 0. The summed E-state index contributed by atoms with van der Waals surface area (Å²) in [5.74, 6) is -3.09. The van der Waals surface area contributed by atoms with Crippen molar-refractivity contribution >= 4 is 17.7 Å². The molecule has 2 bridgehead atoms. The number of carbonyl (C=O) groups is 3. The fraction of sp³-hybridized carbons (Fsp3) is 0.722. The summed E-state index contributed by atoms with van der Waals surface area (Å²) in [7, 11) is 2.58. The van der Waals surface area contributed by atoms with Crippen LogP contribution in [0.5, 0.6) is 0 Å². The van der Waals surface area contributed by atoms with Gasteiger partial charge in [-0.2, -0.15) is 0 Å². The Kier molecular flexibility index (Phi) is 4.28. The van der Waals surface area contributed by atoms with E-state index in [0.29, 0.717) is 0 Å². The standard InChI is InChI=1S/C18H24O6/c1-5-6-7-9-8-10-12(14(9)19)18(2)13(17(21)23-4)11(15(10)24-18)16(20)22-3/h8,10-13,15H,5-7H2,1-4H3/t10-,11+,12-,13+,15-,18+/m0/s1. The summed E-state index contributed by atoms with van der Waals surface area (Å²) < 4.78 is 15.8. The van der Waals surface area contributed by atoms with Crippen LogP contribution in [0, 0.1) is 23.7 Å². The Bertz CT molecular complexity index is 609. The largest absolute Gasteiger partial charge is 0.469 e. The molecule has 24 heavy (non-hydrogen) atoms. The first-order chi connectivity index (χ1) is 11.4. The van der Waals surface area contributed by atoms with Crippen molar-refractivity contribution in [1.82, 2.24) is 0 Å². The van der Waals surface area contributed by atoms with Crippen molar-refractivity contribution in [1.29, 1.82) is 0 Å². The minimum atomic E-state index is -1.02. The molecule has 3 rings (SSSR count). The van der Waals surface area contributed by atoms with Crippen molar-refractivity contribution < 1.29 is 28.6 Å². The molecule has 0 radical (unpaired) electrons. The van der Waals surface area contributed by atoms with Gasteiger partial charge in [-0.3, -0.25) is 14.4 Å². The highest BCUT2D eigenvalue weighted by atomic mass is 16.6. The van der Waals surface area contributed by atoms with Gasteiger partial charge in [-0.15, -0.1) is 0 Å². The minimum absolute atomic E-state index is 0.0515. The number of ketones is 1. The molecular weight excluding hydrogens is 312 g/mol. The molecule has 2 aliphatic heterocycles. The highest BCUT2D eigenvalue weighted by Gasteiger charge is 2.73. The Morgan fingerprint density at radius 3 is 2.50 bits per heavy atom. The molecule has 0 aromatic rings. The number of fused-ring (bicyclic) bond motifs is 5. The van der Waals surface area contributed by atoms with Gasteiger partial charge in [0.25, 0.3) is 0 Å². The number of hydrogen-bond acceptors (Lipinski definition) is 6. The molecule has 2 saturated heterocycles. The van der Waals surface area contributed by atoms with Gasteiger partial charge in [-0.1, -0.05) is 19.4 Å². The highest BCUT2D eigenvalue weighted by Crippen LogP contribution is 2.61. The Morgan fingerprint density at radius 1 is 1.25 bits per heavy atom. The van der Waals surface area contributed by atoms with Crippen LogP contribution < -0.4 is 0 Å². The Morgan fingerprint density at radius 2 is 1.92 bits per heavy atom. The molecule has 6 atom stereocenters. The van der Waals surface area contributed by atoms with Crippen LogP contribution >= 0.6 is 0 Å². The van der Waals surface area contributed by atoms with Crippen LogP contribution in [0.4, 0.5) is 0 Å². The molecule has 0 spiro atoms. The summed E-state index contributed by atoms with van der Waals surface area (Å²) >= 11 is 0. The molecule has 0 saturated carbocycles. The summed E-state index contributed by atoms with van der Waals surface area (Å²) in [6, 6.07) is 0. The van der Waals surface area contributed by atoms with Crippen molar-refractivity contribution in [2.75, 3.05) is 14.2 Å². The van der Waals surface area contributed by atoms with Crippen LogP contribution in [0.1, 0.15) is 33.1 Å². The number of ether oxygens (including phenoxy) is 3. The van der Waals surface area contributed by atoms with E-state index in [1.165, 1.54) is 14.2 Å². The molecular formula is C18H24O6. The number of carbonyl (C=O) groups excluding carboxylic acids is 3. The van der Waals surface area contributed by atoms with Gasteiger partial charge >= 0.3 is 11.9 Å². The number of allylic oxidation sites excluding steroid dienone is 1. The second-order valence-corrected chi connectivity index (χ2v) is 7.03. The van der Waals surface area contributed by atoms with Crippen molar-refractivity contribution in [3.8, 4) is 0 Å². The molecule has 0 unspecified atom stereocenters. The first-order valence-corrected chi connectivity index (χ1v) is 8.49. The number of Topliss-reactive ketones (excluding diaryl/α,β-unsaturated/α-hetero) is 1. The second kappa shape index (κ2) is 5.99. The van der Waals surface area contributed by atoms with Gasteiger partial charge in [-0.25, -0.2) is 0 Å². The van der Waals surface area contributed by atoms with E-state index in [-0.39, 0.29) is 11.7 Å². The van der Waals surface area contributed by atoms with E-state index in [1.807, 2.05) is 6.08 Å². The number of rotatable bonds is 5. The van der Waals surface area contributed by atoms with Crippen molar-refractivity contribution in [3.05, 3.63) is 11.6 Å². The Balaban J connectivity index is 1.98. The third-order valence-corrected chi connectivity index (χ3v) is 5.82. The van der Waals surface area contributed by atoms with Crippen LogP contribution in [-0.4, -0.2) is 43.6 Å². The fourth-order valence-corrected chi connectivity index (χ4v) is 4.77. The van der Waals surface area contributed by atoms with Gasteiger partial charge in [0.2, 0.25) is 0 Å². The normalized spacial score (nSPS) is 39.6. The van der Waals surface area contributed by atoms with E-state index in [1.54, 1.807) is 6.92 Å². The number of unbranched alkanes of at least 4 members (excludes halogenated alkanes) is 1. The Labute approximate surface area is 141 Å². The second-order valence-electron chi connectivity index (χ2n) is 7.03. The number of methoxy groups -OCH3 is 2. The lowest BCUT2D eigenvalue weighted by atomic mass is 9.62. The Hall–Kier alpha value is -1.69. The van der Waals surface area contributed by atoms with E-state index in [9.17, 15) is 14.4 Å². The maximum atomic E-state index is 12.9. The van der Waals surface area contributed by atoms with Crippen LogP contribution in [0.15, 0.2) is 11.6 Å². The van der Waals surface area contributed by atoms with Gasteiger partial charge < -0.3 is 14.2 Å². The smallest absolute Gasteiger partial charge is 0.312 e. The minimum Gasteiger partial charge on any atom is -0.469 e. The predicted octanol–water partition coefficient (Wildman–Crippen LogP) is 1.67. The summed E-state index contributed by atoms with van der Waals surface area (Å²) in [6.07, 6.45) is 4.13. The quantitative estimate of drug-likeness (QED) is 0.711. The summed E-state index contributed by atoms with van der Waals surface area (Å²) in [4.78, 5) is 37.5. The molecule has 2 fully saturated rings. The van der Waals surface area contributed by atoms with Crippen LogP contribution in [0.2, 0.25) is 0 Å². The highest BCUT2D eigenvalue weighted by molar-refractivity contribution is 6.02. The van der Waals surface area contributed by atoms with Gasteiger partial charge in [0, 0.05) is 5.92 Å². The zero-order valence-corrected chi connectivity index (χ0v) is 14.5. The molecule has 0 aromatic heterocycles. The molecule has 2 heterocycles. The van der Waals surface area contributed by atoms with Gasteiger partial charge in [0.15, 0.2) is 5.78 Å². The van der Waals surface area contributed by atoms with Crippen molar-refractivity contribution in [2.45, 2.75) is 44.8 Å². The average Bonchev–Trinajstić information content (AvgIpc) is 3.16. The average molecular weight is 336 g/mol. The van der Waals surface area contributed by atoms with E-state index in [2.05, 4.69) is 6.92 Å². The first-order valence-electron chi connectivity index (χ1n) is 8.49. The lowest BCUT2D eigenvalue weighted by molar-refractivity contribution is -0.162. The van der Waals surface area contributed by atoms with E-state index < -0.39 is 41.4 Å². The molecule has 0 N–H and O–H groups in total. The van der Waals surface area contributed by atoms with E-state index in [4.69, 9.17) is 14.2 Å². The van der Waals surface area contributed by atoms with Crippen LogP contribution in [0.25, 0.3) is 0 Å². The van der Waals surface area contributed by atoms with Crippen molar-refractivity contribution in [3.63, 3.8) is 0 Å². The third kappa shape index (κ3) is 2.15. The third-order valence-electron chi connectivity index (χ3n) is 5.82. The molecule has 6 nitrogen and oxygen atoms in total. The molecule has 6 heteroatoms. The zero-order chi connectivity index (χ0) is 17.6. The summed E-state index contributed by atoms with van der Waals surface area (Å²) in [5.41, 5.74) is -0.219. The van der Waals surface area contributed by atoms with Gasteiger partial charge in [0.1, 0.15) is 5.92 Å². The maximum Gasteiger partial charge on any atom is 0.312 e. The van der Waals surface area contributed by atoms with E-state index >= 15 is 0 Å². The summed E-state index contributed by atoms with van der Waals surface area (Å²) in [6.45, 7) is 3.83. The van der Waals surface area contributed by atoms with Gasteiger partial charge in [0.05, 0.1) is 37.8 Å². The molecule has 132 valence electrons. The zero-order valence-electron chi connectivity index (χ0n) is 14.5. The van der Waals surface area contributed by atoms with Crippen LogP contribution in [-0.2, 0) is 28.6 Å². The van der Waals surface area contributed by atoms with Crippen LogP contribution in [0.3, 0.4) is 0 Å². The summed E-state index contributed by atoms with van der Waals surface area (Å²) in [5, 5.41) is 0. The monoisotopic (exact) mass is 336 g/mol. The molecule has 1 aliphatic carbocycles. The lowest BCUT2D eigenvalue weighted by Gasteiger charge is -2.36.